The summed E-state index contributed by atoms with van der Waals surface area (Å²) in [6, 6.07) is 3.60. The highest BCUT2D eigenvalue weighted by Crippen LogP contribution is 2.31. The lowest BCUT2D eigenvalue weighted by molar-refractivity contribution is 0.410. The van der Waals surface area contributed by atoms with Gasteiger partial charge in [-0.05, 0) is 37.5 Å². The molecule has 18 heavy (non-hydrogen) atoms. The zero-order chi connectivity index (χ0) is 13.3. The predicted octanol–water partition coefficient (Wildman–Crippen LogP) is 3.37. The SMILES string of the molecule is CCCc1cc(=O)oc2c(C)c(OC)cc(C)c12. The summed E-state index contributed by atoms with van der Waals surface area (Å²) in [4.78, 5) is 11.6. The van der Waals surface area contributed by atoms with Crippen LogP contribution in [0.2, 0.25) is 0 Å². The number of hydrogen-bond acceptors (Lipinski definition) is 3. The van der Waals surface area contributed by atoms with Crippen LogP contribution in [0.3, 0.4) is 0 Å². The summed E-state index contributed by atoms with van der Waals surface area (Å²) < 4.78 is 10.7. The molecular formula is C15H18O3. The molecule has 3 heteroatoms. The molecule has 2 rings (SSSR count). The normalized spacial score (nSPS) is 10.9. The maximum absolute atomic E-state index is 11.6. The van der Waals surface area contributed by atoms with Crippen LogP contribution in [-0.4, -0.2) is 7.11 Å². The minimum atomic E-state index is -0.290. The van der Waals surface area contributed by atoms with Gasteiger partial charge in [0.1, 0.15) is 11.3 Å². The Morgan fingerprint density at radius 3 is 2.61 bits per heavy atom. The lowest BCUT2D eigenvalue weighted by atomic mass is 9.99. The van der Waals surface area contributed by atoms with Crippen molar-refractivity contribution < 1.29 is 9.15 Å². The van der Waals surface area contributed by atoms with Gasteiger partial charge in [-0.25, -0.2) is 4.79 Å². The number of fused-ring (bicyclic) bond motifs is 1. The molecule has 0 radical (unpaired) electrons. The summed E-state index contributed by atoms with van der Waals surface area (Å²) in [6.45, 7) is 6.04. The number of aryl methyl sites for hydroxylation is 3. The minimum absolute atomic E-state index is 0.290. The van der Waals surface area contributed by atoms with Crippen molar-refractivity contribution in [1.29, 1.82) is 0 Å². The van der Waals surface area contributed by atoms with Crippen molar-refractivity contribution in [1.82, 2.24) is 0 Å². The predicted molar refractivity (Wildman–Crippen MR) is 72.5 cm³/mol. The van der Waals surface area contributed by atoms with Gasteiger partial charge in [0.15, 0.2) is 0 Å². The van der Waals surface area contributed by atoms with Gasteiger partial charge in [0.05, 0.1) is 7.11 Å². The number of rotatable bonds is 3. The Balaban J connectivity index is 2.89. The van der Waals surface area contributed by atoms with E-state index in [4.69, 9.17) is 9.15 Å². The lowest BCUT2D eigenvalue weighted by Crippen LogP contribution is -2.03. The molecule has 1 aromatic heterocycles. The minimum Gasteiger partial charge on any atom is -0.496 e. The van der Waals surface area contributed by atoms with Gasteiger partial charge in [0.25, 0.3) is 0 Å². The molecule has 0 N–H and O–H groups in total. The number of benzene rings is 1. The van der Waals surface area contributed by atoms with Gasteiger partial charge in [-0.2, -0.15) is 0 Å². The molecule has 0 spiro atoms. The van der Waals surface area contributed by atoms with Crippen molar-refractivity contribution in [3.8, 4) is 5.75 Å². The van der Waals surface area contributed by atoms with Crippen LogP contribution in [0.25, 0.3) is 11.0 Å². The summed E-state index contributed by atoms with van der Waals surface area (Å²) in [5.74, 6) is 0.761. The summed E-state index contributed by atoms with van der Waals surface area (Å²) in [7, 11) is 1.63. The monoisotopic (exact) mass is 246 g/mol. The van der Waals surface area contributed by atoms with E-state index in [0.717, 1.165) is 40.7 Å². The van der Waals surface area contributed by atoms with Gasteiger partial charge in [0.2, 0.25) is 0 Å². The van der Waals surface area contributed by atoms with Gasteiger partial charge in [-0.1, -0.05) is 13.3 Å². The van der Waals surface area contributed by atoms with Crippen LogP contribution in [-0.2, 0) is 6.42 Å². The molecule has 0 unspecified atom stereocenters. The quantitative estimate of drug-likeness (QED) is 0.779. The van der Waals surface area contributed by atoms with Crippen molar-refractivity contribution >= 4 is 11.0 Å². The van der Waals surface area contributed by atoms with Gasteiger partial charge < -0.3 is 9.15 Å². The first-order valence-electron chi connectivity index (χ1n) is 6.19. The third kappa shape index (κ3) is 2.01. The zero-order valence-corrected chi connectivity index (χ0v) is 11.3. The topological polar surface area (TPSA) is 39.4 Å². The van der Waals surface area contributed by atoms with E-state index in [1.54, 1.807) is 13.2 Å². The summed E-state index contributed by atoms with van der Waals surface area (Å²) in [5.41, 5.74) is 3.39. The van der Waals surface area contributed by atoms with Crippen molar-refractivity contribution in [3.63, 3.8) is 0 Å². The molecular weight excluding hydrogens is 228 g/mol. The van der Waals surface area contributed by atoms with E-state index >= 15 is 0 Å². The maximum Gasteiger partial charge on any atom is 0.336 e. The Morgan fingerprint density at radius 1 is 1.28 bits per heavy atom. The fourth-order valence-electron chi connectivity index (χ4n) is 2.41. The molecule has 0 aliphatic heterocycles. The Kier molecular flexibility index (Phi) is 3.41. The first-order chi connectivity index (χ1) is 8.58. The zero-order valence-electron chi connectivity index (χ0n) is 11.3. The van der Waals surface area contributed by atoms with Crippen molar-refractivity contribution in [2.75, 3.05) is 7.11 Å². The van der Waals surface area contributed by atoms with Gasteiger partial charge in [0, 0.05) is 17.0 Å². The van der Waals surface area contributed by atoms with Crippen LogP contribution in [0.15, 0.2) is 21.3 Å². The molecule has 0 atom stereocenters. The number of methoxy groups -OCH3 is 1. The molecule has 96 valence electrons. The van der Waals surface area contributed by atoms with Gasteiger partial charge >= 0.3 is 5.63 Å². The lowest BCUT2D eigenvalue weighted by Gasteiger charge is -2.12. The molecule has 0 aliphatic rings. The molecule has 0 bridgehead atoms. The van der Waals surface area contributed by atoms with E-state index < -0.39 is 0 Å². The van der Waals surface area contributed by atoms with E-state index in [2.05, 4.69) is 6.92 Å². The summed E-state index contributed by atoms with van der Waals surface area (Å²) in [6.07, 6.45) is 1.89. The van der Waals surface area contributed by atoms with Gasteiger partial charge in [-0.3, -0.25) is 0 Å². The van der Waals surface area contributed by atoms with Crippen molar-refractivity contribution in [2.24, 2.45) is 0 Å². The third-order valence-corrected chi connectivity index (χ3v) is 3.23. The highest BCUT2D eigenvalue weighted by Gasteiger charge is 2.13. The Hall–Kier alpha value is -1.77. The molecule has 3 nitrogen and oxygen atoms in total. The summed E-state index contributed by atoms with van der Waals surface area (Å²) >= 11 is 0. The molecule has 1 heterocycles. The molecule has 0 aliphatic carbocycles. The van der Waals surface area contributed by atoms with Crippen molar-refractivity contribution in [2.45, 2.75) is 33.6 Å². The van der Waals surface area contributed by atoms with Crippen LogP contribution in [0.1, 0.15) is 30.0 Å². The van der Waals surface area contributed by atoms with Crippen LogP contribution < -0.4 is 10.4 Å². The largest absolute Gasteiger partial charge is 0.496 e. The van der Waals surface area contributed by atoms with E-state index in [-0.39, 0.29) is 5.63 Å². The molecule has 0 fully saturated rings. The first-order valence-corrected chi connectivity index (χ1v) is 6.19. The Morgan fingerprint density at radius 2 is 2.00 bits per heavy atom. The van der Waals surface area contributed by atoms with Crippen LogP contribution >= 0.6 is 0 Å². The Labute approximate surface area is 106 Å². The van der Waals surface area contributed by atoms with Crippen molar-refractivity contribution in [3.05, 3.63) is 39.2 Å². The Bertz CT molecular complexity index is 638. The van der Waals surface area contributed by atoms with Gasteiger partial charge in [-0.15, -0.1) is 0 Å². The van der Waals surface area contributed by atoms with E-state index in [1.807, 2.05) is 19.9 Å². The summed E-state index contributed by atoms with van der Waals surface area (Å²) in [5, 5.41) is 1.05. The van der Waals surface area contributed by atoms with E-state index in [1.165, 1.54) is 0 Å². The highest BCUT2D eigenvalue weighted by atomic mass is 16.5. The molecule has 0 saturated heterocycles. The standard InChI is InChI=1S/C15H18O3/c1-5-6-11-8-13(16)18-15-10(3)12(17-4)7-9(2)14(11)15/h7-8H,5-6H2,1-4H3. The van der Waals surface area contributed by atoms with Crippen LogP contribution in [0.4, 0.5) is 0 Å². The molecule has 0 amide bonds. The molecule has 1 aromatic carbocycles. The van der Waals surface area contributed by atoms with Crippen LogP contribution in [0, 0.1) is 13.8 Å². The average Bonchev–Trinajstić information content (AvgIpc) is 2.33. The fourth-order valence-corrected chi connectivity index (χ4v) is 2.41. The maximum atomic E-state index is 11.6. The second kappa shape index (κ2) is 4.84. The molecule has 2 aromatic rings. The second-order valence-electron chi connectivity index (χ2n) is 4.57. The number of ether oxygens (including phenoxy) is 1. The van der Waals surface area contributed by atoms with E-state index in [9.17, 15) is 4.79 Å². The third-order valence-electron chi connectivity index (χ3n) is 3.23. The highest BCUT2D eigenvalue weighted by molar-refractivity contribution is 5.88. The average molecular weight is 246 g/mol. The van der Waals surface area contributed by atoms with E-state index in [0.29, 0.717) is 5.58 Å². The smallest absolute Gasteiger partial charge is 0.336 e. The first kappa shape index (κ1) is 12.7. The van der Waals surface area contributed by atoms with Crippen LogP contribution in [0.5, 0.6) is 5.75 Å². The fraction of sp³-hybridized carbons (Fsp3) is 0.400. The molecule has 0 saturated carbocycles. The second-order valence-corrected chi connectivity index (χ2v) is 4.57. The number of hydrogen-bond donors (Lipinski definition) is 0.